The Morgan fingerprint density at radius 2 is 2.28 bits per heavy atom. The van der Waals surface area contributed by atoms with Gasteiger partial charge in [0, 0.05) is 11.6 Å². The van der Waals surface area contributed by atoms with Crippen molar-refractivity contribution in [1.29, 1.82) is 0 Å². The monoisotopic (exact) mass is 267 g/mol. The number of nitrogens with zero attached hydrogens (tertiary/aromatic N) is 1. The minimum absolute atomic E-state index is 0.186. The fourth-order valence-corrected chi connectivity index (χ4v) is 2.73. The van der Waals surface area contributed by atoms with E-state index in [9.17, 15) is 9.90 Å². The zero-order valence-corrected chi connectivity index (χ0v) is 10.4. The SMILES string of the molecule is O=c1[nH]c2cc(Cl)ccc2n1[C@@H]1CCNC[C@@H]1O. The number of aliphatic hydroxyl groups is 1. The van der Waals surface area contributed by atoms with E-state index in [0.29, 0.717) is 17.1 Å². The molecule has 0 unspecified atom stereocenters. The van der Waals surface area contributed by atoms with E-state index < -0.39 is 6.10 Å². The van der Waals surface area contributed by atoms with E-state index in [1.807, 2.05) is 6.07 Å². The number of aromatic nitrogens is 2. The highest BCUT2D eigenvalue weighted by Gasteiger charge is 2.27. The standard InChI is InChI=1S/C12H14ClN3O2/c13-7-1-2-9-8(5-7)15-12(18)16(9)10-3-4-14-6-11(10)17/h1-2,5,10-11,14,17H,3-4,6H2,(H,15,18)/t10-,11+/m1/s1. The number of aromatic amines is 1. The second kappa shape index (κ2) is 4.42. The lowest BCUT2D eigenvalue weighted by atomic mass is 10.0. The summed E-state index contributed by atoms with van der Waals surface area (Å²) in [6.45, 7) is 1.31. The summed E-state index contributed by atoms with van der Waals surface area (Å²) in [5.74, 6) is 0. The normalized spacial score (nSPS) is 24.6. The van der Waals surface area contributed by atoms with Crippen LogP contribution in [0.4, 0.5) is 0 Å². The molecule has 0 aliphatic carbocycles. The number of piperidine rings is 1. The van der Waals surface area contributed by atoms with Crippen molar-refractivity contribution in [1.82, 2.24) is 14.9 Å². The van der Waals surface area contributed by atoms with Crippen molar-refractivity contribution >= 4 is 22.6 Å². The molecule has 0 amide bonds. The van der Waals surface area contributed by atoms with Crippen LogP contribution in [0.2, 0.25) is 5.02 Å². The van der Waals surface area contributed by atoms with Crippen LogP contribution in [0.15, 0.2) is 23.0 Å². The Morgan fingerprint density at radius 1 is 1.44 bits per heavy atom. The van der Waals surface area contributed by atoms with E-state index in [1.54, 1.807) is 16.7 Å². The highest BCUT2D eigenvalue weighted by molar-refractivity contribution is 6.31. The summed E-state index contributed by atoms with van der Waals surface area (Å²) in [6.07, 6.45) is 0.183. The Bertz CT molecular complexity index is 634. The molecule has 0 saturated carbocycles. The lowest BCUT2D eigenvalue weighted by molar-refractivity contribution is 0.0876. The smallest absolute Gasteiger partial charge is 0.326 e. The molecule has 0 radical (unpaired) electrons. The van der Waals surface area contributed by atoms with E-state index in [4.69, 9.17) is 11.6 Å². The van der Waals surface area contributed by atoms with Crippen LogP contribution in [0.3, 0.4) is 0 Å². The van der Waals surface area contributed by atoms with Crippen molar-refractivity contribution in [3.63, 3.8) is 0 Å². The highest BCUT2D eigenvalue weighted by atomic mass is 35.5. The second-order valence-electron chi connectivity index (χ2n) is 4.59. The number of halogens is 1. The Labute approximate surface area is 108 Å². The lowest BCUT2D eigenvalue weighted by Gasteiger charge is -2.29. The number of hydrogen-bond donors (Lipinski definition) is 3. The van der Waals surface area contributed by atoms with E-state index >= 15 is 0 Å². The average Bonchev–Trinajstić information content (AvgIpc) is 2.65. The molecule has 5 nitrogen and oxygen atoms in total. The van der Waals surface area contributed by atoms with Gasteiger partial charge in [-0.15, -0.1) is 0 Å². The maximum absolute atomic E-state index is 12.0. The van der Waals surface area contributed by atoms with Crippen LogP contribution in [0, 0.1) is 0 Å². The van der Waals surface area contributed by atoms with Crippen molar-refractivity contribution in [3.05, 3.63) is 33.7 Å². The van der Waals surface area contributed by atoms with Gasteiger partial charge in [-0.05, 0) is 31.2 Å². The topological polar surface area (TPSA) is 70.0 Å². The quantitative estimate of drug-likeness (QED) is 0.718. The molecule has 96 valence electrons. The second-order valence-corrected chi connectivity index (χ2v) is 5.03. The van der Waals surface area contributed by atoms with E-state index in [1.165, 1.54) is 0 Å². The molecule has 1 saturated heterocycles. The van der Waals surface area contributed by atoms with Crippen molar-refractivity contribution in [2.24, 2.45) is 0 Å². The van der Waals surface area contributed by atoms with E-state index in [-0.39, 0.29) is 11.7 Å². The number of hydrogen-bond acceptors (Lipinski definition) is 3. The molecule has 0 spiro atoms. The minimum atomic E-state index is -0.550. The molecule has 2 atom stereocenters. The predicted octanol–water partition coefficient (Wildman–Crippen LogP) is 0.878. The number of rotatable bonds is 1. The van der Waals surface area contributed by atoms with Gasteiger partial charge in [0.15, 0.2) is 0 Å². The highest BCUT2D eigenvalue weighted by Crippen LogP contribution is 2.24. The number of imidazole rings is 1. The van der Waals surface area contributed by atoms with Gasteiger partial charge in [-0.1, -0.05) is 11.6 Å². The van der Waals surface area contributed by atoms with Gasteiger partial charge in [0.05, 0.1) is 23.2 Å². The van der Waals surface area contributed by atoms with Gasteiger partial charge in [0.1, 0.15) is 0 Å². The summed E-state index contributed by atoms with van der Waals surface area (Å²) >= 11 is 5.90. The van der Waals surface area contributed by atoms with Crippen LogP contribution in [0.5, 0.6) is 0 Å². The molecular formula is C12H14ClN3O2. The van der Waals surface area contributed by atoms with Crippen LogP contribution < -0.4 is 11.0 Å². The first-order chi connectivity index (χ1) is 8.66. The van der Waals surface area contributed by atoms with Crippen LogP contribution in [0.25, 0.3) is 11.0 Å². The third kappa shape index (κ3) is 1.84. The van der Waals surface area contributed by atoms with E-state index in [2.05, 4.69) is 10.3 Å². The van der Waals surface area contributed by atoms with Crippen LogP contribution in [-0.4, -0.2) is 33.9 Å². The molecule has 6 heteroatoms. The molecule has 1 aromatic heterocycles. The van der Waals surface area contributed by atoms with Gasteiger partial charge in [-0.3, -0.25) is 4.57 Å². The number of benzene rings is 1. The predicted molar refractivity (Wildman–Crippen MR) is 70.1 cm³/mol. The summed E-state index contributed by atoms with van der Waals surface area (Å²) in [6, 6.07) is 5.10. The van der Waals surface area contributed by atoms with Crippen LogP contribution >= 0.6 is 11.6 Å². The van der Waals surface area contributed by atoms with Gasteiger partial charge in [0.25, 0.3) is 0 Å². The summed E-state index contributed by atoms with van der Waals surface area (Å²) in [4.78, 5) is 14.8. The van der Waals surface area contributed by atoms with Crippen LogP contribution in [0.1, 0.15) is 12.5 Å². The average molecular weight is 268 g/mol. The largest absolute Gasteiger partial charge is 0.390 e. The molecule has 2 aromatic rings. The van der Waals surface area contributed by atoms with Crippen molar-refractivity contribution < 1.29 is 5.11 Å². The number of fused-ring (bicyclic) bond motifs is 1. The maximum atomic E-state index is 12.0. The molecular weight excluding hydrogens is 254 g/mol. The third-order valence-corrected chi connectivity index (χ3v) is 3.66. The van der Waals surface area contributed by atoms with Gasteiger partial charge < -0.3 is 15.4 Å². The fraction of sp³-hybridized carbons (Fsp3) is 0.417. The Morgan fingerprint density at radius 3 is 3.06 bits per heavy atom. The van der Waals surface area contributed by atoms with Crippen molar-refractivity contribution in [2.75, 3.05) is 13.1 Å². The number of nitrogens with one attached hydrogen (secondary N) is 2. The molecule has 1 aromatic carbocycles. The maximum Gasteiger partial charge on any atom is 0.326 e. The molecule has 1 aliphatic rings. The first-order valence-corrected chi connectivity index (χ1v) is 6.33. The zero-order valence-electron chi connectivity index (χ0n) is 9.69. The fourth-order valence-electron chi connectivity index (χ4n) is 2.56. The summed E-state index contributed by atoms with van der Waals surface area (Å²) < 4.78 is 1.64. The number of H-pyrrole nitrogens is 1. The molecule has 3 rings (SSSR count). The van der Waals surface area contributed by atoms with Gasteiger partial charge in [0.2, 0.25) is 0 Å². The van der Waals surface area contributed by atoms with Gasteiger partial charge in [-0.25, -0.2) is 4.79 Å². The zero-order chi connectivity index (χ0) is 12.7. The summed E-state index contributed by atoms with van der Waals surface area (Å²) in [7, 11) is 0. The number of aliphatic hydroxyl groups excluding tert-OH is 1. The molecule has 3 N–H and O–H groups in total. The van der Waals surface area contributed by atoms with Crippen LogP contribution in [-0.2, 0) is 0 Å². The first-order valence-electron chi connectivity index (χ1n) is 5.95. The Kier molecular flexibility index (Phi) is 2.89. The number of β-amino-alcohol motifs (C(OH)–C–C–N with tert-alkyl or cyclic N) is 1. The third-order valence-electron chi connectivity index (χ3n) is 3.42. The Balaban J connectivity index is 2.16. The molecule has 2 heterocycles. The van der Waals surface area contributed by atoms with Crippen molar-refractivity contribution in [2.45, 2.75) is 18.6 Å². The summed E-state index contributed by atoms with van der Waals surface area (Å²) in [5, 5.41) is 13.7. The lowest BCUT2D eigenvalue weighted by Crippen LogP contribution is -2.43. The summed E-state index contributed by atoms with van der Waals surface area (Å²) in [5.41, 5.74) is 1.30. The first kappa shape index (κ1) is 11.8. The molecule has 0 bridgehead atoms. The van der Waals surface area contributed by atoms with Gasteiger partial charge in [-0.2, -0.15) is 0 Å². The van der Waals surface area contributed by atoms with E-state index in [0.717, 1.165) is 18.5 Å². The Hall–Kier alpha value is -1.30. The molecule has 18 heavy (non-hydrogen) atoms. The minimum Gasteiger partial charge on any atom is -0.390 e. The van der Waals surface area contributed by atoms with Gasteiger partial charge >= 0.3 is 5.69 Å². The molecule has 1 aliphatic heterocycles. The molecule has 1 fully saturated rings. The van der Waals surface area contributed by atoms with Crippen molar-refractivity contribution in [3.8, 4) is 0 Å².